The standard InChI is InChI=1S/C18H18ClN7O/c1-10-7-11-9-25(3)17-12(5-4-6-14(17)26(11)24-10)21-13-8-15(19)22-23-16(13)18(27)20-2/h4-8H,9H2,1-3H3,(H,20,27)(H,21,22)/i2D3. The van der Waals surface area contributed by atoms with Crippen molar-refractivity contribution in [2.45, 2.75) is 13.5 Å². The number of carbonyl (C=O) groups excluding carboxylic acids is 1. The molecule has 0 saturated carbocycles. The van der Waals surface area contributed by atoms with Crippen LogP contribution < -0.4 is 15.5 Å². The fraction of sp³-hybridized carbons (Fsp3) is 0.222. The molecule has 1 amide bonds. The molecule has 0 radical (unpaired) electrons. The van der Waals surface area contributed by atoms with Crippen LogP contribution in [0.4, 0.5) is 17.1 Å². The molecule has 0 bridgehead atoms. The number of benzene rings is 1. The highest BCUT2D eigenvalue weighted by molar-refractivity contribution is 6.29. The van der Waals surface area contributed by atoms with Crippen LogP contribution in [0.15, 0.2) is 30.3 Å². The Labute approximate surface area is 165 Å². The van der Waals surface area contributed by atoms with Crippen molar-refractivity contribution in [3.8, 4) is 5.69 Å². The Bertz CT molecular complexity index is 1150. The second-order valence-electron chi connectivity index (χ2n) is 6.23. The number of amides is 1. The highest BCUT2D eigenvalue weighted by Gasteiger charge is 2.24. The molecule has 4 rings (SSSR count). The first kappa shape index (κ1) is 14.0. The van der Waals surface area contributed by atoms with Crippen LogP contribution in [0, 0.1) is 6.92 Å². The average Bonchev–Trinajstić information content (AvgIpc) is 3.00. The lowest BCUT2D eigenvalue weighted by molar-refractivity contribution is 0.0958. The predicted octanol–water partition coefficient (Wildman–Crippen LogP) is 2.68. The van der Waals surface area contributed by atoms with E-state index in [0.29, 0.717) is 12.2 Å². The van der Waals surface area contributed by atoms with Crippen molar-refractivity contribution < 1.29 is 8.91 Å². The molecule has 2 aromatic heterocycles. The summed E-state index contributed by atoms with van der Waals surface area (Å²) < 4.78 is 23.7. The molecule has 1 aromatic carbocycles. The number of aryl methyl sites for hydroxylation is 1. The van der Waals surface area contributed by atoms with Crippen LogP contribution in [-0.2, 0) is 6.54 Å². The summed E-state index contributed by atoms with van der Waals surface area (Å²) in [6.07, 6.45) is 0. The van der Waals surface area contributed by atoms with Gasteiger partial charge in [-0.25, -0.2) is 4.68 Å². The van der Waals surface area contributed by atoms with Gasteiger partial charge in [-0.3, -0.25) is 4.79 Å². The van der Waals surface area contributed by atoms with E-state index >= 15 is 0 Å². The van der Waals surface area contributed by atoms with E-state index in [9.17, 15) is 4.79 Å². The third kappa shape index (κ3) is 2.97. The molecule has 0 atom stereocenters. The fourth-order valence-corrected chi connectivity index (χ4v) is 3.38. The molecule has 0 spiro atoms. The van der Waals surface area contributed by atoms with Gasteiger partial charge in [-0.2, -0.15) is 5.10 Å². The van der Waals surface area contributed by atoms with Crippen molar-refractivity contribution in [3.05, 3.63) is 52.6 Å². The van der Waals surface area contributed by atoms with Crippen molar-refractivity contribution >= 4 is 34.6 Å². The molecule has 1 aliphatic heterocycles. The number of para-hydroxylation sites is 1. The van der Waals surface area contributed by atoms with Gasteiger partial charge in [-0.1, -0.05) is 17.7 Å². The number of aromatic nitrogens is 4. The van der Waals surface area contributed by atoms with E-state index in [1.165, 1.54) is 6.07 Å². The van der Waals surface area contributed by atoms with Gasteiger partial charge < -0.3 is 15.5 Å². The first-order chi connectivity index (χ1) is 14.1. The van der Waals surface area contributed by atoms with Crippen molar-refractivity contribution in [1.29, 1.82) is 0 Å². The zero-order chi connectivity index (χ0) is 21.6. The van der Waals surface area contributed by atoms with Gasteiger partial charge in [-0.05, 0) is 25.1 Å². The Kier molecular flexibility index (Phi) is 3.39. The third-order valence-electron chi connectivity index (χ3n) is 4.29. The molecular weight excluding hydrogens is 366 g/mol. The number of rotatable bonds is 3. The van der Waals surface area contributed by atoms with E-state index in [0.717, 1.165) is 22.8 Å². The van der Waals surface area contributed by atoms with E-state index in [1.54, 1.807) is 0 Å². The van der Waals surface area contributed by atoms with Gasteiger partial charge in [0.1, 0.15) is 0 Å². The molecule has 0 aliphatic carbocycles. The van der Waals surface area contributed by atoms with Crippen LogP contribution in [-0.4, -0.2) is 39.9 Å². The molecule has 138 valence electrons. The van der Waals surface area contributed by atoms with Gasteiger partial charge in [0.2, 0.25) is 0 Å². The van der Waals surface area contributed by atoms with Crippen LogP contribution in [0.25, 0.3) is 5.69 Å². The van der Waals surface area contributed by atoms with E-state index in [1.807, 2.05) is 48.2 Å². The number of nitrogens with one attached hydrogen (secondary N) is 2. The molecular formula is C18H18ClN7O. The minimum absolute atomic E-state index is 0.0612. The smallest absolute Gasteiger partial charge is 0.273 e. The second-order valence-corrected chi connectivity index (χ2v) is 6.61. The fourth-order valence-electron chi connectivity index (χ4n) is 3.24. The minimum atomic E-state index is -2.66. The summed E-state index contributed by atoms with van der Waals surface area (Å²) in [5.41, 5.74) is 4.45. The van der Waals surface area contributed by atoms with Gasteiger partial charge in [0, 0.05) is 24.2 Å². The van der Waals surface area contributed by atoms with Crippen LogP contribution in [0.1, 0.15) is 26.0 Å². The zero-order valence-electron chi connectivity index (χ0n) is 17.6. The number of hydrogen-bond donors (Lipinski definition) is 2. The summed E-state index contributed by atoms with van der Waals surface area (Å²) in [7, 11) is 1.95. The topological polar surface area (TPSA) is 88.0 Å². The summed E-state index contributed by atoms with van der Waals surface area (Å²) >= 11 is 5.98. The maximum Gasteiger partial charge on any atom is 0.273 e. The number of fused-ring (bicyclic) bond motifs is 3. The Balaban J connectivity index is 1.77. The summed E-state index contributed by atoms with van der Waals surface area (Å²) in [5, 5.41) is 17.2. The van der Waals surface area contributed by atoms with Crippen LogP contribution in [0.3, 0.4) is 0 Å². The molecule has 2 N–H and O–H groups in total. The Morgan fingerprint density at radius 3 is 2.96 bits per heavy atom. The van der Waals surface area contributed by atoms with Gasteiger partial charge >= 0.3 is 0 Å². The second kappa shape index (κ2) is 6.55. The lowest BCUT2D eigenvalue weighted by Gasteiger charge is -2.30. The Morgan fingerprint density at radius 1 is 1.30 bits per heavy atom. The van der Waals surface area contributed by atoms with E-state index < -0.39 is 12.9 Å². The summed E-state index contributed by atoms with van der Waals surface area (Å²) in [6.45, 7) is -0.0714. The highest BCUT2D eigenvalue weighted by Crippen LogP contribution is 2.39. The molecule has 9 heteroatoms. The minimum Gasteiger partial charge on any atom is -0.365 e. The zero-order valence-corrected chi connectivity index (χ0v) is 15.4. The Morgan fingerprint density at radius 2 is 2.15 bits per heavy atom. The summed E-state index contributed by atoms with van der Waals surface area (Å²) in [5.74, 6) is -0.884. The van der Waals surface area contributed by atoms with E-state index in [4.69, 9.17) is 15.7 Å². The number of carbonyl (C=O) groups is 1. The lowest BCUT2D eigenvalue weighted by Crippen LogP contribution is -2.27. The van der Waals surface area contributed by atoms with E-state index in [2.05, 4.69) is 25.5 Å². The largest absolute Gasteiger partial charge is 0.365 e. The first-order valence-corrected chi connectivity index (χ1v) is 8.53. The van der Waals surface area contributed by atoms with Gasteiger partial charge in [0.25, 0.3) is 5.91 Å². The molecule has 1 aliphatic rings. The van der Waals surface area contributed by atoms with Gasteiger partial charge in [0.05, 0.1) is 40.7 Å². The maximum absolute atomic E-state index is 12.4. The molecule has 3 heterocycles. The number of anilines is 3. The van der Waals surface area contributed by atoms with Crippen molar-refractivity contribution in [1.82, 2.24) is 25.3 Å². The average molecular weight is 387 g/mol. The monoisotopic (exact) mass is 386 g/mol. The number of hydrogen-bond acceptors (Lipinski definition) is 6. The molecule has 3 aromatic rings. The number of nitrogens with zero attached hydrogens (tertiary/aromatic N) is 5. The Hall–Kier alpha value is -3.13. The van der Waals surface area contributed by atoms with Crippen LogP contribution in [0.5, 0.6) is 0 Å². The van der Waals surface area contributed by atoms with Gasteiger partial charge in [-0.15, -0.1) is 10.2 Å². The quantitative estimate of drug-likeness (QED) is 0.719. The molecule has 8 nitrogen and oxygen atoms in total. The van der Waals surface area contributed by atoms with Crippen molar-refractivity contribution in [2.24, 2.45) is 0 Å². The van der Waals surface area contributed by atoms with Crippen LogP contribution in [0.2, 0.25) is 5.15 Å². The molecule has 0 saturated heterocycles. The predicted molar refractivity (Wildman–Crippen MR) is 104 cm³/mol. The number of halogens is 1. The summed E-state index contributed by atoms with van der Waals surface area (Å²) in [4.78, 5) is 14.5. The van der Waals surface area contributed by atoms with E-state index in [-0.39, 0.29) is 16.5 Å². The normalized spacial score (nSPS) is 14.5. The molecule has 27 heavy (non-hydrogen) atoms. The lowest BCUT2D eigenvalue weighted by atomic mass is 10.1. The first-order valence-electron chi connectivity index (χ1n) is 9.65. The highest BCUT2D eigenvalue weighted by atomic mass is 35.5. The van der Waals surface area contributed by atoms with Crippen LogP contribution >= 0.6 is 11.6 Å². The maximum atomic E-state index is 12.4. The summed E-state index contributed by atoms with van der Waals surface area (Å²) in [6, 6.07) is 9.11. The van der Waals surface area contributed by atoms with Crippen molar-refractivity contribution in [2.75, 3.05) is 24.2 Å². The SMILES string of the molecule is [2H]C([2H])([2H])NC(=O)c1nnc(Cl)cc1Nc1cccc2c1N(C)Cc1cc(C)nn1-2. The molecule has 0 unspecified atom stereocenters. The third-order valence-corrected chi connectivity index (χ3v) is 4.48. The van der Waals surface area contributed by atoms with Crippen molar-refractivity contribution in [3.63, 3.8) is 0 Å². The van der Waals surface area contributed by atoms with Gasteiger partial charge in [0.15, 0.2) is 10.8 Å². The molecule has 0 fully saturated rings.